The molecule has 2 aliphatic heterocycles. The van der Waals surface area contributed by atoms with Crippen LogP contribution < -0.4 is 0 Å². The largest absolute Gasteiger partial charge is 0.446 e. The zero-order valence-electron chi connectivity index (χ0n) is 10.4. The molecule has 2 atom stereocenters. The van der Waals surface area contributed by atoms with E-state index in [1.807, 2.05) is 30.3 Å². The minimum atomic E-state index is -0.561. The topological polar surface area (TPSA) is 41.9 Å². The van der Waals surface area contributed by atoms with Crippen molar-refractivity contribution in [2.45, 2.75) is 31.9 Å². The molecule has 1 amide bonds. The molecular formula is C14H16N2O2. The lowest BCUT2D eigenvalue weighted by molar-refractivity contribution is -0.123. The highest BCUT2D eigenvalue weighted by molar-refractivity contribution is 5.99. The van der Waals surface area contributed by atoms with Crippen LogP contribution in [-0.2, 0) is 9.53 Å². The lowest BCUT2D eigenvalue weighted by Gasteiger charge is -2.22. The molecule has 0 bridgehead atoms. The number of amides is 1. The van der Waals surface area contributed by atoms with Crippen molar-refractivity contribution in [3.05, 3.63) is 35.9 Å². The number of hydrogen-bond donors (Lipinski definition) is 0. The van der Waals surface area contributed by atoms with E-state index in [1.165, 1.54) is 0 Å². The Labute approximate surface area is 106 Å². The van der Waals surface area contributed by atoms with Crippen LogP contribution in [0.2, 0.25) is 0 Å². The Morgan fingerprint density at radius 3 is 2.78 bits per heavy atom. The molecule has 2 heterocycles. The molecule has 94 valence electrons. The molecule has 3 rings (SSSR count). The van der Waals surface area contributed by atoms with Crippen LogP contribution in [0, 0.1) is 0 Å². The van der Waals surface area contributed by atoms with Crippen molar-refractivity contribution in [3.8, 4) is 0 Å². The van der Waals surface area contributed by atoms with Crippen LogP contribution in [0.15, 0.2) is 35.3 Å². The Morgan fingerprint density at radius 2 is 2.11 bits per heavy atom. The Kier molecular flexibility index (Phi) is 2.78. The summed E-state index contributed by atoms with van der Waals surface area (Å²) in [4.78, 5) is 18.1. The minimum Gasteiger partial charge on any atom is -0.446 e. The number of carbonyl (C=O) groups is 1. The van der Waals surface area contributed by atoms with Gasteiger partial charge in [0.1, 0.15) is 0 Å². The number of ether oxygens (including phenoxy) is 1. The molecule has 0 radical (unpaired) electrons. The van der Waals surface area contributed by atoms with Crippen LogP contribution in [0.1, 0.15) is 31.4 Å². The molecular weight excluding hydrogens is 228 g/mol. The fraction of sp³-hybridized carbons (Fsp3) is 0.429. The Bertz CT molecular complexity index is 484. The Hall–Kier alpha value is -1.84. The third-order valence-electron chi connectivity index (χ3n) is 3.55. The average Bonchev–Trinajstić information content (AvgIpc) is 2.96. The van der Waals surface area contributed by atoms with Crippen LogP contribution in [0.25, 0.3) is 0 Å². The van der Waals surface area contributed by atoms with Gasteiger partial charge in [-0.3, -0.25) is 4.79 Å². The third kappa shape index (κ3) is 1.88. The number of likely N-dealkylation sites (tertiary alicyclic amines) is 1. The maximum absolute atomic E-state index is 11.9. The van der Waals surface area contributed by atoms with Gasteiger partial charge in [-0.2, -0.15) is 4.99 Å². The molecule has 1 aromatic rings. The second kappa shape index (κ2) is 4.44. The van der Waals surface area contributed by atoms with Gasteiger partial charge in [-0.1, -0.05) is 30.3 Å². The smallest absolute Gasteiger partial charge is 0.296 e. The van der Waals surface area contributed by atoms with Crippen LogP contribution >= 0.6 is 0 Å². The highest BCUT2D eigenvalue weighted by Crippen LogP contribution is 2.28. The molecule has 0 aliphatic carbocycles. The number of benzene rings is 1. The first-order valence-corrected chi connectivity index (χ1v) is 6.36. The van der Waals surface area contributed by atoms with E-state index >= 15 is 0 Å². The molecule has 0 unspecified atom stereocenters. The first-order chi connectivity index (χ1) is 8.75. The number of rotatable bonds is 1. The molecule has 1 fully saturated rings. The van der Waals surface area contributed by atoms with Crippen molar-refractivity contribution in [2.75, 3.05) is 6.54 Å². The standard InChI is InChI=1S/C14H16N2O2/c1-10-6-5-9-16(10)14-15-13(17)12(18-14)11-7-3-2-4-8-11/h2-4,7-8,10,12H,5-6,9H2,1H3/t10-,12-/m0/s1. The van der Waals surface area contributed by atoms with Gasteiger partial charge >= 0.3 is 0 Å². The Morgan fingerprint density at radius 1 is 1.33 bits per heavy atom. The summed E-state index contributed by atoms with van der Waals surface area (Å²) in [6.07, 6.45) is 1.70. The second-order valence-corrected chi connectivity index (χ2v) is 4.83. The van der Waals surface area contributed by atoms with Crippen LogP contribution in [-0.4, -0.2) is 29.4 Å². The molecule has 0 saturated carbocycles. The van der Waals surface area contributed by atoms with Gasteiger partial charge in [0.05, 0.1) is 0 Å². The molecule has 0 N–H and O–H groups in total. The molecule has 4 heteroatoms. The summed E-state index contributed by atoms with van der Waals surface area (Å²) in [7, 11) is 0. The summed E-state index contributed by atoms with van der Waals surface area (Å²) in [5.74, 6) is -0.199. The van der Waals surface area contributed by atoms with Crippen molar-refractivity contribution >= 4 is 11.9 Å². The van der Waals surface area contributed by atoms with E-state index in [0.717, 1.165) is 24.9 Å². The summed E-state index contributed by atoms with van der Waals surface area (Å²) in [5, 5.41) is 0. The normalized spacial score (nSPS) is 27.3. The molecule has 2 aliphatic rings. The summed E-state index contributed by atoms with van der Waals surface area (Å²) in [5.41, 5.74) is 0.869. The summed E-state index contributed by atoms with van der Waals surface area (Å²) < 4.78 is 5.74. The SMILES string of the molecule is C[C@H]1CCCN1C1=NC(=O)[C@H](c2ccccc2)O1. The second-order valence-electron chi connectivity index (χ2n) is 4.83. The third-order valence-corrected chi connectivity index (χ3v) is 3.55. The number of carbonyl (C=O) groups excluding carboxylic acids is 1. The van der Waals surface area contributed by atoms with E-state index in [0.29, 0.717) is 12.1 Å². The lowest BCUT2D eigenvalue weighted by Crippen LogP contribution is -2.34. The first-order valence-electron chi connectivity index (χ1n) is 6.36. The quantitative estimate of drug-likeness (QED) is 0.760. The predicted molar refractivity (Wildman–Crippen MR) is 68.1 cm³/mol. The number of aliphatic imine (C=N–C) groups is 1. The summed E-state index contributed by atoms with van der Waals surface area (Å²) in [6, 6.07) is 10.4. The van der Waals surface area contributed by atoms with E-state index < -0.39 is 6.10 Å². The van der Waals surface area contributed by atoms with Gasteiger partial charge in [-0.05, 0) is 19.8 Å². The number of nitrogens with zero attached hydrogens (tertiary/aromatic N) is 2. The zero-order chi connectivity index (χ0) is 12.5. The monoisotopic (exact) mass is 244 g/mol. The highest BCUT2D eigenvalue weighted by Gasteiger charge is 2.36. The van der Waals surface area contributed by atoms with Gasteiger partial charge in [0.2, 0.25) is 6.10 Å². The maximum atomic E-state index is 11.9. The molecule has 1 aromatic carbocycles. The van der Waals surface area contributed by atoms with Crippen LogP contribution in [0.5, 0.6) is 0 Å². The molecule has 4 nitrogen and oxygen atoms in total. The molecule has 1 saturated heterocycles. The van der Waals surface area contributed by atoms with Crippen LogP contribution in [0.4, 0.5) is 0 Å². The summed E-state index contributed by atoms with van der Waals surface area (Å²) >= 11 is 0. The maximum Gasteiger partial charge on any atom is 0.296 e. The number of hydrogen-bond acceptors (Lipinski definition) is 3. The van der Waals surface area contributed by atoms with Crippen molar-refractivity contribution in [1.82, 2.24) is 4.90 Å². The van der Waals surface area contributed by atoms with E-state index in [1.54, 1.807) is 0 Å². The average molecular weight is 244 g/mol. The van der Waals surface area contributed by atoms with E-state index in [4.69, 9.17) is 4.74 Å². The van der Waals surface area contributed by atoms with Gasteiger partial charge in [-0.15, -0.1) is 0 Å². The van der Waals surface area contributed by atoms with Gasteiger partial charge in [0.25, 0.3) is 11.9 Å². The highest BCUT2D eigenvalue weighted by atomic mass is 16.5. The van der Waals surface area contributed by atoms with E-state index in [2.05, 4.69) is 16.8 Å². The number of amidine groups is 1. The lowest BCUT2D eigenvalue weighted by atomic mass is 10.1. The van der Waals surface area contributed by atoms with Gasteiger partial charge in [0, 0.05) is 18.2 Å². The fourth-order valence-corrected chi connectivity index (χ4v) is 2.52. The van der Waals surface area contributed by atoms with E-state index in [9.17, 15) is 4.79 Å². The van der Waals surface area contributed by atoms with Crippen molar-refractivity contribution < 1.29 is 9.53 Å². The predicted octanol–water partition coefficient (Wildman–Crippen LogP) is 2.12. The fourth-order valence-electron chi connectivity index (χ4n) is 2.52. The van der Waals surface area contributed by atoms with Crippen LogP contribution in [0.3, 0.4) is 0 Å². The van der Waals surface area contributed by atoms with Gasteiger partial charge in [-0.25, -0.2) is 0 Å². The zero-order valence-corrected chi connectivity index (χ0v) is 10.4. The van der Waals surface area contributed by atoms with Crippen molar-refractivity contribution in [2.24, 2.45) is 4.99 Å². The van der Waals surface area contributed by atoms with Crippen molar-refractivity contribution in [3.63, 3.8) is 0 Å². The molecule has 18 heavy (non-hydrogen) atoms. The molecule has 0 aromatic heterocycles. The first kappa shape index (κ1) is 11.3. The van der Waals surface area contributed by atoms with Gasteiger partial charge < -0.3 is 9.64 Å². The summed E-state index contributed by atoms with van der Waals surface area (Å²) in [6.45, 7) is 3.06. The Balaban J connectivity index is 1.79. The van der Waals surface area contributed by atoms with Gasteiger partial charge in [0.15, 0.2) is 0 Å². The van der Waals surface area contributed by atoms with E-state index in [-0.39, 0.29) is 5.91 Å². The molecule has 0 spiro atoms. The minimum absolute atomic E-state index is 0.199. The van der Waals surface area contributed by atoms with Crippen molar-refractivity contribution in [1.29, 1.82) is 0 Å².